The van der Waals surface area contributed by atoms with Crippen molar-refractivity contribution in [3.63, 3.8) is 0 Å². The average Bonchev–Trinajstić information content (AvgIpc) is 2.83. The number of aromatic nitrogens is 2. The molecule has 2 N–H and O–H groups in total. The Labute approximate surface area is 213 Å². The molecule has 1 aromatic heterocycles. The molecule has 0 aliphatic heterocycles. The topological polar surface area (TPSA) is 94.4 Å². The molecule has 3 aromatic carbocycles. The maximum Gasteiger partial charge on any atom is 0.187 e. The van der Waals surface area contributed by atoms with Gasteiger partial charge in [0.1, 0.15) is 0 Å². The van der Waals surface area contributed by atoms with Crippen molar-refractivity contribution in [3.8, 4) is 28.6 Å². The van der Waals surface area contributed by atoms with Crippen LogP contribution in [-0.4, -0.2) is 32.4 Å². The number of fused-ring (bicyclic) bond motifs is 1. The first-order valence-corrected chi connectivity index (χ1v) is 10.4. The summed E-state index contributed by atoms with van der Waals surface area (Å²) in [6.07, 6.45) is -0.278. The van der Waals surface area contributed by atoms with Crippen molar-refractivity contribution in [1.82, 2.24) is 9.97 Å². The molecule has 2 atom stereocenters. The number of benzene rings is 3. The molecule has 1 heterocycles. The molecule has 174 valence electrons. The smallest absolute Gasteiger partial charge is 0.187 e. The van der Waals surface area contributed by atoms with E-state index in [0.29, 0.717) is 23.4 Å². The average molecular weight is 631 g/mol. The van der Waals surface area contributed by atoms with Gasteiger partial charge in [-0.25, -0.2) is 10.1 Å². The van der Waals surface area contributed by atoms with E-state index >= 15 is 0 Å². The van der Waals surface area contributed by atoms with E-state index in [0.717, 1.165) is 27.9 Å². The molecule has 4 aromatic rings. The summed E-state index contributed by atoms with van der Waals surface area (Å²) in [5.74, 6) is 0. The molecule has 0 amide bonds. The normalized spacial score (nSPS) is 11.7. The fourth-order valence-electron chi connectivity index (χ4n) is 3.22. The first-order chi connectivity index (χ1) is 15.9. The maximum absolute atomic E-state index is 9.00. The molecular weight excluding hydrogens is 607 g/mol. The van der Waals surface area contributed by atoms with E-state index in [4.69, 9.17) is 32.0 Å². The molecule has 34 heavy (non-hydrogen) atoms. The number of rotatable bonds is 4. The summed E-state index contributed by atoms with van der Waals surface area (Å²) in [6.45, 7) is 10.4. The number of nitriles is 1. The van der Waals surface area contributed by atoms with Gasteiger partial charge < -0.3 is 10.2 Å². The van der Waals surface area contributed by atoms with Crippen LogP contribution in [0.15, 0.2) is 66.7 Å². The minimum Gasteiger partial charge on any atom is -0.393 e. The zero-order valence-corrected chi connectivity index (χ0v) is 21.0. The Bertz CT molecular complexity index is 1200. The fraction of sp³-hybridized carbons (Fsp3) is 0.185. The Kier molecular flexibility index (Phi) is 10.0. The molecule has 0 spiro atoms. The van der Waals surface area contributed by atoms with E-state index in [1.165, 1.54) is 0 Å². The van der Waals surface area contributed by atoms with Crippen molar-refractivity contribution >= 4 is 16.7 Å². The molecule has 0 aliphatic carbocycles. The molecule has 0 saturated carbocycles. The Hall–Kier alpha value is -3.41. The van der Waals surface area contributed by atoms with Gasteiger partial charge in [0, 0.05) is 32.8 Å². The monoisotopic (exact) mass is 630 g/mol. The van der Waals surface area contributed by atoms with Crippen molar-refractivity contribution in [1.29, 1.82) is 5.26 Å². The van der Waals surface area contributed by atoms with Crippen LogP contribution >= 0.6 is 0 Å². The summed E-state index contributed by atoms with van der Waals surface area (Å²) in [5.41, 5.74) is 5.79. The van der Waals surface area contributed by atoms with Crippen molar-refractivity contribution in [2.24, 2.45) is 0 Å². The predicted octanol–water partition coefficient (Wildman–Crippen LogP) is 5.32. The summed E-state index contributed by atoms with van der Waals surface area (Å²) in [7, 11) is 0. The third kappa shape index (κ3) is 7.04. The summed E-state index contributed by atoms with van der Waals surface area (Å²) < 4.78 is 0. The molecule has 0 radical (unpaired) electrons. The van der Waals surface area contributed by atoms with Gasteiger partial charge in [0.2, 0.25) is 0 Å². The van der Waals surface area contributed by atoms with Gasteiger partial charge >= 0.3 is 0 Å². The van der Waals surface area contributed by atoms with Gasteiger partial charge in [0.05, 0.1) is 35.5 Å². The van der Waals surface area contributed by atoms with Crippen LogP contribution in [0.3, 0.4) is 0 Å². The second-order valence-corrected chi connectivity index (χ2v) is 7.60. The first-order valence-electron chi connectivity index (χ1n) is 10.4. The summed E-state index contributed by atoms with van der Waals surface area (Å²) in [6, 6.07) is 25.4. The van der Waals surface area contributed by atoms with Crippen LogP contribution in [-0.2, 0) is 21.1 Å². The van der Waals surface area contributed by atoms with Gasteiger partial charge in [-0.2, -0.15) is 0 Å². The summed E-state index contributed by atoms with van der Waals surface area (Å²) in [4.78, 5) is 13.0. The van der Waals surface area contributed by atoms with Crippen LogP contribution in [0, 0.1) is 24.0 Å². The van der Waals surface area contributed by atoms with Crippen LogP contribution in [0.1, 0.15) is 25.8 Å². The summed E-state index contributed by atoms with van der Waals surface area (Å²) >= 11 is 0. The first kappa shape index (κ1) is 26.8. The van der Waals surface area contributed by atoms with E-state index in [1.54, 1.807) is 38.1 Å². The van der Waals surface area contributed by atoms with Gasteiger partial charge in [-0.15, -0.1) is 29.8 Å². The van der Waals surface area contributed by atoms with Crippen LogP contribution in [0.25, 0.3) is 38.4 Å². The second kappa shape index (κ2) is 12.7. The van der Waals surface area contributed by atoms with Crippen molar-refractivity contribution in [2.45, 2.75) is 32.5 Å². The van der Waals surface area contributed by atoms with E-state index in [2.05, 4.69) is 17.0 Å². The zero-order valence-electron chi connectivity index (χ0n) is 18.7. The molecule has 6 nitrogen and oxygen atoms in total. The van der Waals surface area contributed by atoms with E-state index < -0.39 is 0 Å². The zero-order chi connectivity index (χ0) is 23.8. The van der Waals surface area contributed by atoms with E-state index in [-0.39, 0.29) is 33.3 Å². The number of aliphatic hydroxyl groups is 2. The van der Waals surface area contributed by atoms with Crippen molar-refractivity contribution in [3.05, 3.63) is 89.8 Å². The quantitative estimate of drug-likeness (QED) is 0.298. The van der Waals surface area contributed by atoms with Gasteiger partial charge in [-0.1, -0.05) is 36.4 Å². The molecule has 4 rings (SSSR count). The van der Waals surface area contributed by atoms with Crippen LogP contribution < -0.4 is 0 Å². The minimum absolute atomic E-state index is 0. The SMILES string of the molecule is CC(O)CC(C)O.[C-]#[N+]c1ccc(-c2nc3ccccc3nc2-c2[c-]cc(C#N)cc2)cc1.[Pt]. The summed E-state index contributed by atoms with van der Waals surface area (Å²) in [5, 5.41) is 26.1. The Morgan fingerprint density at radius 2 is 1.53 bits per heavy atom. The van der Waals surface area contributed by atoms with Gasteiger partial charge in [-0.05, 0) is 43.5 Å². The Morgan fingerprint density at radius 3 is 1.97 bits per heavy atom. The molecule has 0 bridgehead atoms. The number of hydrogen-bond acceptors (Lipinski definition) is 5. The number of nitrogens with zero attached hydrogens (tertiary/aromatic N) is 4. The van der Waals surface area contributed by atoms with Crippen LogP contribution in [0.5, 0.6) is 0 Å². The number of hydrogen-bond donors (Lipinski definition) is 2. The van der Waals surface area contributed by atoms with Gasteiger partial charge in [0.15, 0.2) is 5.69 Å². The molecular formula is C27H23N4O2Pt-. The van der Waals surface area contributed by atoms with Crippen LogP contribution in [0.2, 0.25) is 0 Å². The number of aliphatic hydroxyl groups excluding tert-OH is 2. The maximum atomic E-state index is 9.00. The Balaban J connectivity index is 0.000000449. The standard InChI is InChI=1S/C22H11N4.C5H12O2.Pt/c1-24-18-12-10-17(11-13-18)22-21(16-8-6-15(14-23)7-9-16)25-19-4-2-3-5-20(19)26-22;1-4(6)3-5(2)7;/h2-8,10-13H;4-7H,3H2,1-2H3;/q-1;;. The Morgan fingerprint density at radius 1 is 0.941 bits per heavy atom. The van der Waals surface area contributed by atoms with Gasteiger partial charge in [-0.3, -0.25) is 9.97 Å². The third-order valence-corrected chi connectivity index (χ3v) is 4.72. The van der Waals surface area contributed by atoms with Crippen molar-refractivity contribution in [2.75, 3.05) is 0 Å². The van der Waals surface area contributed by atoms with Crippen molar-refractivity contribution < 1.29 is 31.3 Å². The van der Waals surface area contributed by atoms with Gasteiger partial charge in [0.25, 0.3) is 0 Å². The van der Waals surface area contributed by atoms with E-state index in [1.807, 2.05) is 42.5 Å². The largest absolute Gasteiger partial charge is 0.393 e. The minimum atomic E-state index is -0.375. The number of para-hydroxylation sites is 2. The molecule has 0 aliphatic rings. The molecule has 7 heteroatoms. The van der Waals surface area contributed by atoms with E-state index in [9.17, 15) is 0 Å². The third-order valence-electron chi connectivity index (χ3n) is 4.72. The fourth-order valence-corrected chi connectivity index (χ4v) is 3.22. The van der Waals surface area contributed by atoms with Crippen LogP contribution in [0.4, 0.5) is 5.69 Å². The molecule has 0 saturated heterocycles. The second-order valence-electron chi connectivity index (χ2n) is 7.60. The predicted molar refractivity (Wildman–Crippen MR) is 128 cm³/mol. The molecule has 2 unspecified atom stereocenters. The molecule has 0 fully saturated rings.